The molecule has 16 heavy (non-hydrogen) atoms. The number of anilines is 2. The molecule has 0 spiro atoms. The third kappa shape index (κ3) is 1.94. The van der Waals surface area contributed by atoms with Gasteiger partial charge in [-0.3, -0.25) is 0 Å². The fourth-order valence-electron chi connectivity index (χ4n) is 2.47. The highest BCUT2D eigenvalue weighted by Gasteiger charge is 2.32. The summed E-state index contributed by atoms with van der Waals surface area (Å²) in [6, 6.07) is 5.94. The molecule has 1 aromatic carbocycles. The molecular weight excluding hydrogens is 200 g/mol. The number of hydrogen-bond donors (Lipinski definition) is 1. The quantitative estimate of drug-likeness (QED) is 0.779. The first kappa shape index (κ1) is 11.1. The molecular formula is C13H20N2O. The summed E-state index contributed by atoms with van der Waals surface area (Å²) >= 11 is 0. The van der Waals surface area contributed by atoms with Crippen molar-refractivity contribution in [2.45, 2.75) is 32.2 Å². The molecule has 1 fully saturated rings. The van der Waals surface area contributed by atoms with E-state index in [-0.39, 0.29) is 5.54 Å². The van der Waals surface area contributed by atoms with Crippen molar-refractivity contribution in [3.63, 3.8) is 0 Å². The smallest absolute Gasteiger partial charge is 0.122 e. The zero-order valence-corrected chi connectivity index (χ0v) is 10.3. The highest BCUT2D eigenvalue weighted by molar-refractivity contribution is 5.62. The first-order valence-corrected chi connectivity index (χ1v) is 5.75. The van der Waals surface area contributed by atoms with Crippen molar-refractivity contribution in [3.8, 4) is 5.75 Å². The Morgan fingerprint density at radius 1 is 1.31 bits per heavy atom. The molecule has 0 unspecified atom stereocenters. The molecule has 0 aromatic heterocycles. The Balaban J connectivity index is 2.36. The summed E-state index contributed by atoms with van der Waals surface area (Å²) in [5, 5.41) is 0. The molecule has 3 heteroatoms. The molecule has 0 atom stereocenters. The largest absolute Gasteiger partial charge is 0.497 e. The number of ether oxygens (including phenoxy) is 1. The monoisotopic (exact) mass is 220 g/mol. The van der Waals surface area contributed by atoms with Gasteiger partial charge in [-0.1, -0.05) is 0 Å². The Hall–Kier alpha value is -1.38. The Bertz CT molecular complexity index is 388. The van der Waals surface area contributed by atoms with E-state index < -0.39 is 0 Å². The van der Waals surface area contributed by atoms with E-state index >= 15 is 0 Å². The predicted molar refractivity (Wildman–Crippen MR) is 68.1 cm³/mol. The van der Waals surface area contributed by atoms with E-state index in [1.165, 1.54) is 18.5 Å². The predicted octanol–water partition coefficient (Wildman–Crippen LogP) is 2.66. The second kappa shape index (κ2) is 3.89. The van der Waals surface area contributed by atoms with Gasteiger partial charge in [0.2, 0.25) is 0 Å². The number of methoxy groups -OCH3 is 1. The van der Waals surface area contributed by atoms with E-state index in [4.69, 9.17) is 10.5 Å². The van der Waals surface area contributed by atoms with Gasteiger partial charge >= 0.3 is 0 Å². The highest BCUT2D eigenvalue weighted by Crippen LogP contribution is 2.36. The number of benzene rings is 1. The summed E-state index contributed by atoms with van der Waals surface area (Å²) in [5.41, 5.74) is 8.03. The highest BCUT2D eigenvalue weighted by atomic mass is 16.5. The van der Waals surface area contributed by atoms with Crippen molar-refractivity contribution < 1.29 is 4.74 Å². The van der Waals surface area contributed by atoms with Crippen LogP contribution in [0.2, 0.25) is 0 Å². The molecule has 1 aliphatic heterocycles. The summed E-state index contributed by atoms with van der Waals surface area (Å²) < 4.78 is 5.26. The number of nitrogens with two attached hydrogens (primary N) is 1. The minimum atomic E-state index is 0.221. The number of hydrogen-bond acceptors (Lipinski definition) is 3. The average molecular weight is 220 g/mol. The molecule has 0 aliphatic carbocycles. The second-order valence-corrected chi connectivity index (χ2v) is 5.03. The SMILES string of the molecule is COc1cc(N)cc(N2CCCC2(C)C)c1. The minimum absolute atomic E-state index is 0.221. The van der Waals surface area contributed by atoms with E-state index in [1.807, 2.05) is 12.1 Å². The van der Waals surface area contributed by atoms with Gasteiger partial charge < -0.3 is 15.4 Å². The lowest BCUT2D eigenvalue weighted by molar-refractivity contribution is 0.414. The molecule has 0 radical (unpaired) electrons. The summed E-state index contributed by atoms with van der Waals surface area (Å²) in [6.45, 7) is 5.64. The maximum absolute atomic E-state index is 5.88. The van der Waals surface area contributed by atoms with Gasteiger partial charge in [-0.15, -0.1) is 0 Å². The van der Waals surface area contributed by atoms with Crippen LogP contribution in [0.1, 0.15) is 26.7 Å². The number of nitrogen functional groups attached to an aromatic ring is 1. The number of rotatable bonds is 2. The van der Waals surface area contributed by atoms with Crippen molar-refractivity contribution in [1.29, 1.82) is 0 Å². The molecule has 1 aliphatic rings. The molecule has 1 aromatic rings. The van der Waals surface area contributed by atoms with Crippen molar-refractivity contribution in [1.82, 2.24) is 0 Å². The molecule has 0 amide bonds. The lowest BCUT2D eigenvalue weighted by Gasteiger charge is -2.34. The molecule has 2 rings (SSSR count). The summed E-state index contributed by atoms with van der Waals surface area (Å²) in [6.07, 6.45) is 2.47. The molecule has 2 N–H and O–H groups in total. The zero-order chi connectivity index (χ0) is 11.8. The lowest BCUT2D eigenvalue weighted by atomic mass is 10.0. The van der Waals surface area contributed by atoms with Crippen molar-refractivity contribution in [3.05, 3.63) is 18.2 Å². The van der Waals surface area contributed by atoms with Gasteiger partial charge in [0.25, 0.3) is 0 Å². The van der Waals surface area contributed by atoms with Crippen LogP contribution >= 0.6 is 0 Å². The van der Waals surface area contributed by atoms with Crippen LogP contribution in [0.5, 0.6) is 5.75 Å². The maximum atomic E-state index is 5.88. The van der Waals surface area contributed by atoms with Crippen LogP contribution in [-0.2, 0) is 0 Å². The van der Waals surface area contributed by atoms with E-state index in [0.717, 1.165) is 18.0 Å². The van der Waals surface area contributed by atoms with Crippen LogP contribution in [0.25, 0.3) is 0 Å². The molecule has 1 saturated heterocycles. The van der Waals surface area contributed by atoms with E-state index in [0.29, 0.717) is 0 Å². The summed E-state index contributed by atoms with van der Waals surface area (Å²) in [7, 11) is 1.67. The van der Waals surface area contributed by atoms with Crippen LogP contribution in [-0.4, -0.2) is 19.2 Å². The first-order valence-electron chi connectivity index (χ1n) is 5.75. The first-order chi connectivity index (χ1) is 7.53. The van der Waals surface area contributed by atoms with E-state index in [9.17, 15) is 0 Å². The zero-order valence-electron chi connectivity index (χ0n) is 10.3. The van der Waals surface area contributed by atoms with Crippen molar-refractivity contribution >= 4 is 11.4 Å². The topological polar surface area (TPSA) is 38.5 Å². The Kier molecular flexibility index (Phi) is 2.70. The van der Waals surface area contributed by atoms with Crippen LogP contribution in [0, 0.1) is 0 Å². The van der Waals surface area contributed by atoms with Crippen LogP contribution in [0.4, 0.5) is 11.4 Å². The molecule has 0 bridgehead atoms. The maximum Gasteiger partial charge on any atom is 0.122 e. The average Bonchev–Trinajstić information content (AvgIpc) is 2.57. The second-order valence-electron chi connectivity index (χ2n) is 5.03. The summed E-state index contributed by atoms with van der Waals surface area (Å²) in [5.74, 6) is 0.831. The Morgan fingerprint density at radius 2 is 2.06 bits per heavy atom. The van der Waals surface area contributed by atoms with Gasteiger partial charge in [0.05, 0.1) is 7.11 Å². The van der Waals surface area contributed by atoms with E-state index in [1.54, 1.807) is 7.11 Å². The Labute approximate surface area is 97.2 Å². The van der Waals surface area contributed by atoms with Crippen molar-refractivity contribution in [2.75, 3.05) is 24.3 Å². The van der Waals surface area contributed by atoms with Gasteiger partial charge in [0.15, 0.2) is 0 Å². The standard InChI is InChI=1S/C13H20N2O/c1-13(2)5-4-6-15(13)11-7-10(14)8-12(9-11)16-3/h7-9H,4-6,14H2,1-3H3. The normalized spacial score (nSPS) is 18.8. The van der Waals surface area contributed by atoms with Gasteiger partial charge in [-0.2, -0.15) is 0 Å². The van der Waals surface area contributed by atoms with Gasteiger partial charge in [-0.25, -0.2) is 0 Å². The molecule has 0 saturated carbocycles. The molecule has 88 valence electrons. The van der Waals surface area contributed by atoms with Gasteiger partial charge in [-0.05, 0) is 32.8 Å². The lowest BCUT2D eigenvalue weighted by Crippen LogP contribution is -2.38. The van der Waals surface area contributed by atoms with Crippen LogP contribution in [0.15, 0.2) is 18.2 Å². The fraction of sp³-hybridized carbons (Fsp3) is 0.538. The summed E-state index contributed by atoms with van der Waals surface area (Å²) in [4.78, 5) is 2.41. The minimum Gasteiger partial charge on any atom is -0.497 e. The van der Waals surface area contributed by atoms with Gasteiger partial charge in [0, 0.05) is 35.6 Å². The molecule has 3 nitrogen and oxygen atoms in total. The van der Waals surface area contributed by atoms with Crippen LogP contribution in [0.3, 0.4) is 0 Å². The van der Waals surface area contributed by atoms with E-state index in [2.05, 4.69) is 24.8 Å². The third-order valence-electron chi connectivity index (χ3n) is 3.36. The fourth-order valence-corrected chi connectivity index (χ4v) is 2.47. The van der Waals surface area contributed by atoms with Crippen LogP contribution < -0.4 is 15.4 Å². The Morgan fingerprint density at radius 3 is 2.62 bits per heavy atom. The molecule has 1 heterocycles. The van der Waals surface area contributed by atoms with Gasteiger partial charge in [0.1, 0.15) is 5.75 Å². The van der Waals surface area contributed by atoms with Crippen molar-refractivity contribution in [2.24, 2.45) is 0 Å². The number of nitrogens with zero attached hydrogens (tertiary/aromatic N) is 1. The third-order valence-corrected chi connectivity index (χ3v) is 3.36.